The lowest BCUT2D eigenvalue weighted by Crippen LogP contribution is -2.43. The van der Waals surface area contributed by atoms with Crippen LogP contribution in [-0.4, -0.2) is 22.6 Å². The van der Waals surface area contributed by atoms with Crippen LogP contribution in [0.5, 0.6) is 0 Å². The van der Waals surface area contributed by atoms with Crippen LogP contribution >= 0.6 is 0 Å². The standard InChI is InChI=1S/C15H24O4/c1-3-7-12(2)15(10-5-4-6-11-15)19-14(18)9-8-13(16)17/h8-9,12H,3-7,10-11H2,1-2H3,(H,16,17)/b9-8+. The Bertz CT molecular complexity index is 340. The maximum absolute atomic E-state index is 11.8. The van der Waals surface area contributed by atoms with Gasteiger partial charge in [-0.05, 0) is 38.0 Å². The van der Waals surface area contributed by atoms with Crippen molar-refractivity contribution in [2.45, 2.75) is 64.4 Å². The molecule has 0 saturated heterocycles. The molecule has 108 valence electrons. The molecule has 0 bridgehead atoms. The van der Waals surface area contributed by atoms with E-state index in [0.29, 0.717) is 5.92 Å². The number of rotatable bonds is 6. The molecule has 0 heterocycles. The van der Waals surface area contributed by atoms with Gasteiger partial charge in [0.15, 0.2) is 0 Å². The van der Waals surface area contributed by atoms with E-state index in [-0.39, 0.29) is 0 Å². The Labute approximate surface area is 114 Å². The summed E-state index contributed by atoms with van der Waals surface area (Å²) in [5.41, 5.74) is -0.395. The zero-order valence-electron chi connectivity index (χ0n) is 11.9. The van der Waals surface area contributed by atoms with Gasteiger partial charge in [0, 0.05) is 12.2 Å². The third kappa shape index (κ3) is 4.69. The summed E-state index contributed by atoms with van der Waals surface area (Å²) in [6, 6.07) is 0. The number of esters is 1. The molecule has 0 spiro atoms. The molecule has 1 aliphatic rings. The predicted octanol–water partition coefficient (Wildman–Crippen LogP) is 3.31. The van der Waals surface area contributed by atoms with Gasteiger partial charge in [0.2, 0.25) is 0 Å². The molecule has 0 radical (unpaired) electrons. The third-order valence-corrected chi connectivity index (χ3v) is 3.99. The number of hydrogen-bond donors (Lipinski definition) is 1. The first-order valence-electron chi connectivity index (χ1n) is 7.14. The Balaban J connectivity index is 2.74. The summed E-state index contributed by atoms with van der Waals surface area (Å²) in [5, 5.41) is 8.53. The summed E-state index contributed by atoms with van der Waals surface area (Å²) < 4.78 is 5.65. The first-order valence-corrected chi connectivity index (χ1v) is 7.14. The Morgan fingerprint density at radius 3 is 2.42 bits per heavy atom. The summed E-state index contributed by atoms with van der Waals surface area (Å²) >= 11 is 0. The van der Waals surface area contributed by atoms with Crippen LogP contribution in [0.2, 0.25) is 0 Å². The molecule has 4 heteroatoms. The van der Waals surface area contributed by atoms with E-state index < -0.39 is 17.5 Å². The number of ether oxygens (including phenoxy) is 1. The molecule has 1 aliphatic carbocycles. The van der Waals surface area contributed by atoms with Crippen LogP contribution in [-0.2, 0) is 14.3 Å². The Morgan fingerprint density at radius 1 is 1.26 bits per heavy atom. The molecule has 1 saturated carbocycles. The van der Waals surface area contributed by atoms with Crippen molar-refractivity contribution in [2.75, 3.05) is 0 Å². The predicted molar refractivity (Wildman–Crippen MR) is 72.8 cm³/mol. The van der Waals surface area contributed by atoms with Crippen molar-refractivity contribution in [3.63, 3.8) is 0 Å². The van der Waals surface area contributed by atoms with Gasteiger partial charge in [-0.1, -0.05) is 26.7 Å². The molecule has 4 nitrogen and oxygen atoms in total. The van der Waals surface area contributed by atoms with Crippen LogP contribution in [0.15, 0.2) is 12.2 Å². The number of hydrogen-bond acceptors (Lipinski definition) is 3. The number of aliphatic carboxylic acids is 1. The van der Waals surface area contributed by atoms with Crippen molar-refractivity contribution < 1.29 is 19.4 Å². The van der Waals surface area contributed by atoms with Gasteiger partial charge in [0.25, 0.3) is 0 Å². The zero-order chi connectivity index (χ0) is 14.3. The maximum atomic E-state index is 11.8. The van der Waals surface area contributed by atoms with Gasteiger partial charge in [0.1, 0.15) is 5.60 Å². The van der Waals surface area contributed by atoms with Gasteiger partial charge in [-0.25, -0.2) is 9.59 Å². The van der Waals surface area contributed by atoms with Crippen LogP contribution in [0, 0.1) is 5.92 Å². The molecule has 0 amide bonds. The maximum Gasteiger partial charge on any atom is 0.331 e. The van der Waals surface area contributed by atoms with Crippen LogP contribution in [0.4, 0.5) is 0 Å². The van der Waals surface area contributed by atoms with Gasteiger partial charge in [-0.2, -0.15) is 0 Å². The molecule has 0 aromatic rings. The van der Waals surface area contributed by atoms with E-state index in [9.17, 15) is 9.59 Å². The molecular weight excluding hydrogens is 244 g/mol. The number of carboxylic acids is 1. The van der Waals surface area contributed by atoms with Crippen molar-refractivity contribution in [1.82, 2.24) is 0 Å². The molecule has 19 heavy (non-hydrogen) atoms. The summed E-state index contributed by atoms with van der Waals surface area (Å²) in [7, 11) is 0. The lowest BCUT2D eigenvalue weighted by atomic mass is 9.74. The van der Waals surface area contributed by atoms with Crippen molar-refractivity contribution >= 4 is 11.9 Å². The zero-order valence-corrected chi connectivity index (χ0v) is 11.9. The molecule has 1 N–H and O–H groups in total. The number of carboxylic acid groups (broad SMARTS) is 1. The molecule has 1 atom stereocenters. The molecular formula is C15H24O4. The van der Waals surface area contributed by atoms with Crippen LogP contribution in [0.25, 0.3) is 0 Å². The van der Waals surface area contributed by atoms with Crippen molar-refractivity contribution in [3.05, 3.63) is 12.2 Å². The number of carbonyl (C=O) groups excluding carboxylic acids is 1. The second-order valence-electron chi connectivity index (χ2n) is 5.41. The molecule has 0 aromatic carbocycles. The highest BCUT2D eigenvalue weighted by Gasteiger charge is 2.40. The van der Waals surface area contributed by atoms with Gasteiger partial charge in [-0.15, -0.1) is 0 Å². The van der Waals surface area contributed by atoms with E-state index in [4.69, 9.17) is 9.84 Å². The topological polar surface area (TPSA) is 63.6 Å². The highest BCUT2D eigenvalue weighted by molar-refractivity contribution is 5.90. The van der Waals surface area contributed by atoms with Crippen molar-refractivity contribution in [1.29, 1.82) is 0 Å². The van der Waals surface area contributed by atoms with E-state index in [2.05, 4.69) is 13.8 Å². The average molecular weight is 268 g/mol. The van der Waals surface area contributed by atoms with E-state index in [1.807, 2.05) is 0 Å². The smallest absolute Gasteiger partial charge is 0.331 e. The fourth-order valence-corrected chi connectivity index (χ4v) is 2.92. The van der Waals surface area contributed by atoms with Crippen LogP contribution < -0.4 is 0 Å². The van der Waals surface area contributed by atoms with Crippen LogP contribution in [0.3, 0.4) is 0 Å². The normalized spacial score (nSPS) is 20.1. The minimum absolute atomic E-state index is 0.319. The van der Waals surface area contributed by atoms with Gasteiger partial charge < -0.3 is 9.84 Å². The quantitative estimate of drug-likeness (QED) is 0.593. The van der Waals surface area contributed by atoms with E-state index in [0.717, 1.165) is 50.7 Å². The summed E-state index contributed by atoms with van der Waals surface area (Å²) in [6.07, 6.45) is 9.04. The van der Waals surface area contributed by atoms with E-state index in [1.165, 1.54) is 6.42 Å². The largest absolute Gasteiger partial charge is 0.478 e. The first-order chi connectivity index (χ1) is 9.00. The summed E-state index contributed by atoms with van der Waals surface area (Å²) in [4.78, 5) is 22.2. The minimum atomic E-state index is -1.13. The molecule has 1 unspecified atom stereocenters. The molecule has 1 rings (SSSR count). The van der Waals surface area contributed by atoms with E-state index in [1.54, 1.807) is 0 Å². The van der Waals surface area contributed by atoms with Gasteiger partial charge in [0.05, 0.1) is 0 Å². The van der Waals surface area contributed by atoms with Gasteiger partial charge >= 0.3 is 11.9 Å². The average Bonchev–Trinajstić information content (AvgIpc) is 2.38. The lowest BCUT2D eigenvalue weighted by molar-refractivity contribution is -0.165. The highest BCUT2D eigenvalue weighted by Crippen LogP contribution is 2.39. The third-order valence-electron chi connectivity index (χ3n) is 3.99. The minimum Gasteiger partial charge on any atom is -0.478 e. The lowest BCUT2D eigenvalue weighted by Gasteiger charge is -2.41. The Kier molecular flexibility index (Phi) is 6.06. The number of carbonyl (C=O) groups is 2. The molecule has 1 fully saturated rings. The highest BCUT2D eigenvalue weighted by atomic mass is 16.6. The fraction of sp³-hybridized carbons (Fsp3) is 0.733. The summed E-state index contributed by atoms with van der Waals surface area (Å²) in [6.45, 7) is 4.25. The van der Waals surface area contributed by atoms with Crippen molar-refractivity contribution in [3.8, 4) is 0 Å². The Hall–Kier alpha value is -1.32. The van der Waals surface area contributed by atoms with Crippen LogP contribution in [0.1, 0.15) is 58.8 Å². The first kappa shape index (κ1) is 15.7. The molecule has 0 aromatic heterocycles. The Morgan fingerprint density at radius 2 is 1.89 bits per heavy atom. The fourth-order valence-electron chi connectivity index (χ4n) is 2.92. The summed E-state index contributed by atoms with van der Waals surface area (Å²) in [5.74, 6) is -1.34. The second kappa shape index (κ2) is 7.31. The monoisotopic (exact) mass is 268 g/mol. The van der Waals surface area contributed by atoms with Gasteiger partial charge in [-0.3, -0.25) is 0 Å². The van der Waals surface area contributed by atoms with E-state index >= 15 is 0 Å². The SMILES string of the molecule is CCCC(C)C1(OC(=O)/C=C/C(=O)O)CCCCC1. The molecule has 0 aliphatic heterocycles. The second-order valence-corrected chi connectivity index (χ2v) is 5.41. The van der Waals surface area contributed by atoms with Crippen molar-refractivity contribution in [2.24, 2.45) is 5.92 Å².